The monoisotopic (exact) mass is 435 g/mol. The lowest BCUT2D eigenvalue weighted by atomic mass is 9.81. The van der Waals surface area contributed by atoms with Crippen molar-refractivity contribution >= 4 is 23.6 Å². The van der Waals surface area contributed by atoms with E-state index >= 15 is 0 Å². The van der Waals surface area contributed by atoms with Gasteiger partial charge in [-0.05, 0) is 48.8 Å². The van der Waals surface area contributed by atoms with Gasteiger partial charge in [0, 0.05) is 5.92 Å². The average molecular weight is 436 g/mol. The van der Waals surface area contributed by atoms with E-state index in [0.717, 1.165) is 19.3 Å². The van der Waals surface area contributed by atoms with Gasteiger partial charge in [-0.25, -0.2) is 4.79 Å². The minimum atomic E-state index is -0.949. The van der Waals surface area contributed by atoms with Crippen LogP contribution in [0.25, 0.3) is 0 Å². The van der Waals surface area contributed by atoms with Gasteiger partial charge in [-0.15, -0.1) is 0 Å². The fourth-order valence-corrected chi connectivity index (χ4v) is 4.49. The van der Waals surface area contributed by atoms with Crippen LogP contribution in [0.4, 0.5) is 0 Å². The van der Waals surface area contributed by atoms with Crippen molar-refractivity contribution < 1.29 is 14.7 Å². The Morgan fingerprint density at radius 1 is 1.03 bits per heavy atom. The number of thioether (sulfide) groups is 1. The predicted octanol–water partition coefficient (Wildman–Crippen LogP) is 6.18. The maximum absolute atomic E-state index is 13.2. The molecule has 1 rings (SSSR count). The highest BCUT2D eigenvalue weighted by molar-refractivity contribution is 7.98. The molecule has 170 valence electrons. The molecular weight excluding hydrogens is 394 g/mol. The Morgan fingerprint density at radius 2 is 1.67 bits per heavy atom. The van der Waals surface area contributed by atoms with Crippen molar-refractivity contribution in [2.45, 2.75) is 90.5 Å². The molecule has 0 fully saturated rings. The van der Waals surface area contributed by atoms with Gasteiger partial charge in [0.05, 0.1) is 0 Å². The first-order valence-electron chi connectivity index (χ1n) is 11.5. The van der Waals surface area contributed by atoms with Crippen molar-refractivity contribution in [1.29, 1.82) is 0 Å². The quantitative estimate of drug-likeness (QED) is 0.304. The van der Waals surface area contributed by atoms with Gasteiger partial charge in [-0.1, -0.05) is 83.1 Å². The van der Waals surface area contributed by atoms with Crippen LogP contribution in [0.15, 0.2) is 24.3 Å². The highest BCUT2D eigenvalue weighted by Crippen LogP contribution is 2.31. The Balaban J connectivity index is 2.81. The van der Waals surface area contributed by atoms with Crippen molar-refractivity contribution in [1.82, 2.24) is 5.32 Å². The van der Waals surface area contributed by atoms with Gasteiger partial charge in [0.2, 0.25) is 5.91 Å². The highest BCUT2D eigenvalue weighted by atomic mass is 32.2. The summed E-state index contributed by atoms with van der Waals surface area (Å²) in [6.07, 6.45) is 11.6. The first kappa shape index (κ1) is 26.5. The molecule has 1 amide bonds. The molecular formula is C25H41NO3S. The van der Waals surface area contributed by atoms with Gasteiger partial charge >= 0.3 is 5.97 Å². The summed E-state index contributed by atoms with van der Waals surface area (Å²) in [5.41, 5.74) is 2.36. The summed E-state index contributed by atoms with van der Waals surface area (Å²) >= 11 is 1.60. The average Bonchev–Trinajstić information content (AvgIpc) is 2.72. The van der Waals surface area contributed by atoms with Crippen molar-refractivity contribution in [2.75, 3.05) is 12.0 Å². The van der Waals surface area contributed by atoms with Crippen molar-refractivity contribution in [2.24, 2.45) is 5.92 Å². The Labute approximate surface area is 187 Å². The minimum Gasteiger partial charge on any atom is -0.480 e. The zero-order chi connectivity index (χ0) is 22.4. The van der Waals surface area contributed by atoms with Crippen LogP contribution in [0.5, 0.6) is 0 Å². The predicted molar refractivity (Wildman–Crippen MR) is 128 cm³/mol. The number of rotatable bonds is 16. The third-order valence-electron chi connectivity index (χ3n) is 5.96. The van der Waals surface area contributed by atoms with Crippen LogP contribution in [-0.4, -0.2) is 35.0 Å². The SMILES string of the molecule is CCCCCCCCCC(C(=O)N[C@@H](CCSC)C(=O)O)C(C)c1ccccc1C. The standard InChI is InChI=1S/C25H41NO3S/c1-5-6-7-8-9-10-11-16-22(20(3)21-15-13-12-14-19(21)2)24(27)26-23(25(28)29)17-18-30-4/h12-15,20,22-23H,5-11,16-18H2,1-4H3,(H,26,27)(H,28,29)/t20?,22?,23-/m0/s1. The number of unbranched alkanes of at least 4 members (excludes halogenated alkanes) is 6. The summed E-state index contributed by atoms with van der Waals surface area (Å²) in [6, 6.07) is 7.38. The summed E-state index contributed by atoms with van der Waals surface area (Å²) < 4.78 is 0. The lowest BCUT2D eigenvalue weighted by Gasteiger charge is -2.26. The van der Waals surface area contributed by atoms with Gasteiger partial charge in [0.15, 0.2) is 0 Å². The number of carbonyl (C=O) groups is 2. The van der Waals surface area contributed by atoms with E-state index in [1.807, 2.05) is 18.4 Å². The normalized spacial score (nSPS) is 14.1. The summed E-state index contributed by atoms with van der Waals surface area (Å²) in [5.74, 6) is -0.507. The number of aryl methyl sites for hydroxylation is 1. The summed E-state index contributed by atoms with van der Waals surface area (Å²) in [6.45, 7) is 6.40. The third kappa shape index (κ3) is 9.55. The van der Waals surface area contributed by atoms with Gasteiger partial charge in [-0.2, -0.15) is 11.8 Å². The lowest BCUT2D eigenvalue weighted by Crippen LogP contribution is -2.45. The van der Waals surface area contributed by atoms with E-state index < -0.39 is 12.0 Å². The number of amides is 1. The smallest absolute Gasteiger partial charge is 0.326 e. The fraction of sp³-hybridized carbons (Fsp3) is 0.680. The first-order valence-corrected chi connectivity index (χ1v) is 12.9. The number of nitrogens with one attached hydrogen (secondary N) is 1. The Hall–Kier alpha value is -1.49. The molecule has 0 aliphatic carbocycles. The molecule has 2 N–H and O–H groups in total. The second-order valence-corrected chi connectivity index (χ2v) is 9.33. The molecule has 0 radical (unpaired) electrons. The van der Waals surface area contributed by atoms with Crippen LogP contribution in [0.3, 0.4) is 0 Å². The van der Waals surface area contributed by atoms with E-state index in [1.165, 1.54) is 43.2 Å². The number of hydrogen-bond acceptors (Lipinski definition) is 3. The van der Waals surface area contributed by atoms with Crippen molar-refractivity contribution in [3.05, 3.63) is 35.4 Å². The first-order chi connectivity index (χ1) is 14.4. The number of carboxylic acids is 1. The summed E-state index contributed by atoms with van der Waals surface area (Å²) in [5, 5.41) is 12.4. The molecule has 4 nitrogen and oxygen atoms in total. The summed E-state index contributed by atoms with van der Waals surface area (Å²) in [4.78, 5) is 24.8. The zero-order valence-corrected chi connectivity index (χ0v) is 20.1. The number of benzene rings is 1. The molecule has 0 heterocycles. The molecule has 5 heteroatoms. The maximum Gasteiger partial charge on any atom is 0.326 e. The van der Waals surface area contributed by atoms with E-state index in [-0.39, 0.29) is 17.7 Å². The Bertz CT molecular complexity index is 635. The van der Waals surface area contributed by atoms with Gasteiger partial charge in [0.1, 0.15) is 6.04 Å². The largest absolute Gasteiger partial charge is 0.480 e. The number of carboxylic acid groups (broad SMARTS) is 1. The molecule has 0 spiro atoms. The van der Waals surface area contributed by atoms with Gasteiger partial charge in [-0.3, -0.25) is 4.79 Å². The molecule has 0 aromatic heterocycles. The van der Waals surface area contributed by atoms with E-state index in [0.29, 0.717) is 12.2 Å². The molecule has 0 aliphatic heterocycles. The highest BCUT2D eigenvalue weighted by Gasteiger charge is 2.30. The molecule has 0 saturated heterocycles. The van der Waals surface area contributed by atoms with Crippen LogP contribution in [0, 0.1) is 12.8 Å². The van der Waals surface area contributed by atoms with Gasteiger partial charge < -0.3 is 10.4 Å². The maximum atomic E-state index is 13.2. The number of carbonyl (C=O) groups excluding carboxylic acids is 1. The summed E-state index contributed by atoms with van der Waals surface area (Å²) in [7, 11) is 0. The molecule has 1 aromatic carbocycles. The van der Waals surface area contributed by atoms with Gasteiger partial charge in [0.25, 0.3) is 0 Å². The zero-order valence-electron chi connectivity index (χ0n) is 19.3. The molecule has 0 aliphatic rings. The van der Waals surface area contributed by atoms with Crippen LogP contribution < -0.4 is 5.32 Å². The van der Waals surface area contributed by atoms with Crippen LogP contribution in [0.2, 0.25) is 0 Å². The van der Waals surface area contributed by atoms with Crippen molar-refractivity contribution in [3.63, 3.8) is 0 Å². The molecule has 1 aromatic rings. The second kappa shape index (κ2) is 15.3. The topological polar surface area (TPSA) is 66.4 Å². The van der Waals surface area contributed by atoms with Crippen molar-refractivity contribution in [3.8, 4) is 0 Å². The van der Waals surface area contributed by atoms with E-state index in [1.54, 1.807) is 11.8 Å². The minimum absolute atomic E-state index is 0.0567. The van der Waals surface area contributed by atoms with E-state index in [2.05, 4.69) is 38.2 Å². The fourth-order valence-electron chi connectivity index (χ4n) is 4.02. The molecule has 3 atom stereocenters. The second-order valence-electron chi connectivity index (χ2n) is 8.34. The number of aliphatic carboxylic acids is 1. The van der Waals surface area contributed by atoms with E-state index in [9.17, 15) is 14.7 Å². The van der Waals surface area contributed by atoms with Crippen LogP contribution in [-0.2, 0) is 9.59 Å². The Kier molecular flexibility index (Phi) is 13.6. The molecule has 0 saturated carbocycles. The number of hydrogen-bond donors (Lipinski definition) is 2. The molecule has 2 unspecified atom stereocenters. The van der Waals surface area contributed by atoms with Crippen LogP contribution in [0.1, 0.15) is 88.7 Å². The lowest BCUT2D eigenvalue weighted by molar-refractivity contribution is -0.142. The molecule has 0 bridgehead atoms. The third-order valence-corrected chi connectivity index (χ3v) is 6.61. The Morgan fingerprint density at radius 3 is 2.27 bits per heavy atom. The van der Waals surface area contributed by atoms with E-state index in [4.69, 9.17) is 0 Å². The molecule has 30 heavy (non-hydrogen) atoms. The van der Waals surface area contributed by atoms with Crippen LogP contribution >= 0.6 is 11.8 Å².